The molecule has 0 fully saturated rings. The van der Waals surface area contributed by atoms with Crippen LogP contribution in [0.4, 0.5) is 24.5 Å². The highest BCUT2D eigenvalue weighted by Crippen LogP contribution is 2.44. The summed E-state index contributed by atoms with van der Waals surface area (Å²) in [6, 6.07) is 12.6. The fraction of sp³-hybridized carbons (Fsp3) is 0.469. The molecule has 0 radical (unpaired) electrons. The van der Waals surface area contributed by atoms with Crippen molar-refractivity contribution in [1.29, 1.82) is 0 Å². The predicted octanol–water partition coefficient (Wildman–Crippen LogP) is 8.06. The van der Waals surface area contributed by atoms with Gasteiger partial charge >= 0.3 is 15.6 Å². The zero-order chi connectivity index (χ0) is 53.2. The maximum Gasteiger partial charge on any atom is 0.534 e. The maximum atomic E-state index is 14.6. The highest BCUT2D eigenvalue weighted by Gasteiger charge is 2.51. The van der Waals surface area contributed by atoms with Crippen molar-refractivity contribution in [3.8, 4) is 28.7 Å². The molecule has 4 heterocycles. The van der Waals surface area contributed by atoms with Crippen molar-refractivity contribution in [3.05, 3.63) is 83.4 Å². The molecule has 0 N–H and O–H groups in total. The molecule has 0 saturated carbocycles. The van der Waals surface area contributed by atoms with Gasteiger partial charge in [0, 0.05) is 73.2 Å². The molecule has 3 aromatic carbocycles. The molecule has 24 heteroatoms. The molecule has 4 aliphatic rings. The van der Waals surface area contributed by atoms with E-state index in [9.17, 15) is 40.8 Å². The van der Waals surface area contributed by atoms with Crippen molar-refractivity contribution in [2.45, 2.75) is 88.2 Å². The summed E-state index contributed by atoms with van der Waals surface area (Å²) in [7, 11) is -4.84. The minimum atomic E-state index is -6.09. The van der Waals surface area contributed by atoms with Gasteiger partial charge in [0.1, 0.15) is 37.1 Å². The normalized spacial score (nSPS) is 18.1. The third-order valence-electron chi connectivity index (χ3n) is 12.4. The number of alkyl halides is 3. The molecule has 73 heavy (non-hydrogen) atoms. The van der Waals surface area contributed by atoms with Crippen LogP contribution in [-0.2, 0) is 33.4 Å². The molecular formula is C49H61F3N4O14SSi2. The molecular weight excluding hydrogens is 1010 g/mol. The average molecular weight is 1080 g/mol. The first-order valence-electron chi connectivity index (χ1n) is 23.5. The van der Waals surface area contributed by atoms with E-state index in [-0.39, 0.29) is 91.8 Å². The molecule has 0 spiro atoms. The van der Waals surface area contributed by atoms with Gasteiger partial charge in [-0.2, -0.15) is 21.6 Å². The number of fused-ring (bicyclic) bond motifs is 4. The number of amides is 4. The van der Waals surface area contributed by atoms with Crippen molar-refractivity contribution in [2.75, 3.05) is 71.0 Å². The molecule has 396 valence electrons. The van der Waals surface area contributed by atoms with E-state index in [1.54, 1.807) is 25.4 Å². The molecule has 0 bridgehead atoms. The second-order valence-corrected chi connectivity index (χ2v) is 32.9. The lowest BCUT2D eigenvalue weighted by Gasteiger charge is -2.27. The lowest BCUT2D eigenvalue weighted by atomic mass is 10.0. The number of hydrogen-bond donors (Lipinski definition) is 0. The summed E-state index contributed by atoms with van der Waals surface area (Å²) in [5.74, 6) is -1.74. The van der Waals surface area contributed by atoms with Gasteiger partial charge in [-0.15, -0.1) is 0 Å². The number of carbonyl (C=O) groups is 4. The van der Waals surface area contributed by atoms with Gasteiger partial charge in [0.15, 0.2) is 23.0 Å². The summed E-state index contributed by atoms with van der Waals surface area (Å²) >= 11 is 0. The van der Waals surface area contributed by atoms with Crippen LogP contribution >= 0.6 is 0 Å². The van der Waals surface area contributed by atoms with E-state index in [4.69, 9.17) is 33.2 Å². The molecule has 7 rings (SSSR count). The van der Waals surface area contributed by atoms with Crippen molar-refractivity contribution in [2.24, 2.45) is 0 Å². The van der Waals surface area contributed by atoms with Crippen molar-refractivity contribution in [1.82, 2.24) is 9.80 Å². The summed E-state index contributed by atoms with van der Waals surface area (Å²) < 4.78 is 109. The number of ether oxygens (including phenoxy) is 7. The first-order valence-corrected chi connectivity index (χ1v) is 32.4. The minimum Gasteiger partial charge on any atom is -0.497 e. The van der Waals surface area contributed by atoms with Crippen molar-refractivity contribution >= 4 is 66.8 Å². The highest BCUT2D eigenvalue weighted by molar-refractivity contribution is 7.87. The largest absolute Gasteiger partial charge is 0.534 e. The van der Waals surface area contributed by atoms with Crippen LogP contribution in [0.5, 0.6) is 28.7 Å². The number of hydrogen-bond acceptors (Lipinski definition) is 14. The number of carbonyl (C=O) groups excluding carboxylic acids is 4. The SMILES string of the molecule is COc1ccc(C2=CN3C(=O)c4cc(OC)c(OCCCOc5cc6c(cc5OC)C(=O)N5C=C(OS(=O)(=O)C(F)(F)F)C[C@H]5C(=O)N6COCC[Si](C)(C)C)cc4N(COCC[Si](C)(C)C)C(=O)[C@@H]3C2)cc1. The Morgan fingerprint density at radius 1 is 0.616 bits per heavy atom. The molecule has 18 nitrogen and oxygen atoms in total. The Hall–Kier alpha value is -6.09. The zero-order valence-corrected chi connectivity index (χ0v) is 45.1. The third kappa shape index (κ3) is 12.3. The monoisotopic (exact) mass is 1070 g/mol. The van der Waals surface area contributed by atoms with Gasteiger partial charge in [0.2, 0.25) is 0 Å². The molecule has 3 aromatic rings. The van der Waals surface area contributed by atoms with Gasteiger partial charge in [0.05, 0.1) is 57.0 Å². The Morgan fingerprint density at radius 3 is 1.52 bits per heavy atom. The van der Waals surface area contributed by atoms with Crippen LogP contribution in [-0.4, -0.2) is 137 Å². The number of benzene rings is 3. The fourth-order valence-electron chi connectivity index (χ4n) is 8.32. The van der Waals surface area contributed by atoms with E-state index >= 15 is 0 Å². The topological polar surface area (TPSA) is 189 Å². The number of rotatable bonds is 22. The van der Waals surface area contributed by atoms with E-state index in [0.29, 0.717) is 18.0 Å². The van der Waals surface area contributed by atoms with Gasteiger partial charge in [-0.05, 0) is 47.5 Å². The second kappa shape index (κ2) is 21.8. The van der Waals surface area contributed by atoms with E-state index in [1.165, 1.54) is 36.2 Å². The predicted molar refractivity (Wildman–Crippen MR) is 269 cm³/mol. The van der Waals surface area contributed by atoms with Gasteiger partial charge in [0.25, 0.3) is 23.6 Å². The van der Waals surface area contributed by atoms with Crippen LogP contribution < -0.4 is 33.5 Å². The Balaban J connectivity index is 1.11. The molecule has 0 aliphatic carbocycles. The van der Waals surface area contributed by atoms with E-state index < -0.39 is 73.8 Å². The molecule has 0 aromatic heterocycles. The average Bonchev–Trinajstić information content (AvgIpc) is 3.94. The molecule has 0 unspecified atom stereocenters. The smallest absolute Gasteiger partial charge is 0.497 e. The van der Waals surface area contributed by atoms with Gasteiger partial charge in [-0.1, -0.05) is 51.4 Å². The maximum absolute atomic E-state index is 14.6. The zero-order valence-electron chi connectivity index (χ0n) is 42.3. The van der Waals surface area contributed by atoms with E-state index in [2.05, 4.69) is 43.5 Å². The van der Waals surface area contributed by atoms with Gasteiger partial charge < -0.3 is 42.2 Å². The Bertz CT molecular complexity index is 2780. The third-order valence-corrected chi connectivity index (χ3v) is 16.8. The minimum absolute atomic E-state index is 0.0103. The summed E-state index contributed by atoms with van der Waals surface area (Å²) in [6.07, 6.45) is 2.36. The summed E-state index contributed by atoms with van der Waals surface area (Å²) in [6.45, 7) is 13.4. The van der Waals surface area contributed by atoms with Crippen molar-refractivity contribution in [3.63, 3.8) is 0 Å². The quantitative estimate of drug-likeness (QED) is 0.0407. The Labute approximate surface area is 424 Å². The standard InChI is InChI=1S/C49H61F3N4O14SSi2/c1-63-33-13-11-31(12-14-33)32-21-39-47(59)55(29-66-17-19-72(4,5)6)37-25-43(41(64-2)23-35(37)45(57)53(39)27-32)68-15-10-16-69-44-26-38-36(24-42(44)65-3)46(58)54-28-34(70-71(61,62)49(50,51)52)22-40(54)48(60)56(38)30-67-18-20-73(7,8)9/h11-14,23-28,39-40H,10,15-22,29-30H2,1-9H3/t39-,40-/m0/s1. The molecule has 4 amide bonds. The van der Waals surface area contributed by atoms with Crippen LogP contribution in [0, 0.1) is 0 Å². The molecule has 4 aliphatic heterocycles. The summed E-state index contributed by atoms with van der Waals surface area (Å²) in [4.78, 5) is 62.3. The highest BCUT2D eigenvalue weighted by atomic mass is 32.2. The van der Waals surface area contributed by atoms with Crippen LogP contribution in [0.3, 0.4) is 0 Å². The Kier molecular flexibility index (Phi) is 16.3. The van der Waals surface area contributed by atoms with E-state index in [0.717, 1.165) is 39.2 Å². The number of nitrogens with zero attached hydrogens (tertiary/aromatic N) is 4. The lowest BCUT2D eigenvalue weighted by Crippen LogP contribution is -2.45. The number of anilines is 2. The first kappa shape index (κ1) is 54.7. The number of methoxy groups -OCH3 is 3. The molecule has 0 saturated heterocycles. The summed E-state index contributed by atoms with van der Waals surface area (Å²) in [5.41, 5.74) is -3.63. The number of halogens is 3. The van der Waals surface area contributed by atoms with Crippen LogP contribution in [0.1, 0.15) is 45.5 Å². The van der Waals surface area contributed by atoms with Gasteiger partial charge in [-0.25, -0.2) is 0 Å². The van der Waals surface area contributed by atoms with Crippen LogP contribution in [0.25, 0.3) is 5.57 Å². The van der Waals surface area contributed by atoms with Crippen LogP contribution in [0.15, 0.2) is 66.7 Å². The lowest BCUT2D eigenvalue weighted by molar-refractivity contribution is -0.123. The van der Waals surface area contributed by atoms with Crippen LogP contribution in [0.2, 0.25) is 51.4 Å². The van der Waals surface area contributed by atoms with Gasteiger partial charge in [-0.3, -0.25) is 33.9 Å². The fourth-order valence-corrected chi connectivity index (χ4v) is 10.3. The summed E-state index contributed by atoms with van der Waals surface area (Å²) in [5, 5.41) is 0. The second-order valence-electron chi connectivity index (χ2n) is 20.1. The van der Waals surface area contributed by atoms with E-state index in [1.807, 2.05) is 24.3 Å². The van der Waals surface area contributed by atoms with Crippen molar-refractivity contribution < 1.29 is 78.1 Å². The Morgan fingerprint density at radius 2 is 1.08 bits per heavy atom. The molecule has 2 atom stereocenters. The first-order chi connectivity index (χ1) is 34.3.